The topological polar surface area (TPSA) is 126 Å². The number of primary amides is 1. The number of nitrogens with zero attached hydrogens (tertiary/aromatic N) is 1. The van der Waals surface area contributed by atoms with Crippen molar-refractivity contribution >= 4 is 50.5 Å². The van der Waals surface area contributed by atoms with E-state index >= 15 is 0 Å². The summed E-state index contributed by atoms with van der Waals surface area (Å²) in [5.74, 6) is -1.53. The zero-order chi connectivity index (χ0) is 20.1. The summed E-state index contributed by atoms with van der Waals surface area (Å²) in [6.07, 6.45) is -0.790. The Kier molecular flexibility index (Phi) is 4.46. The van der Waals surface area contributed by atoms with E-state index in [4.69, 9.17) is 10.2 Å². The van der Waals surface area contributed by atoms with Gasteiger partial charge in [-0.2, -0.15) is 0 Å². The Morgan fingerprint density at radius 2 is 2.00 bits per heavy atom. The summed E-state index contributed by atoms with van der Waals surface area (Å²) >= 11 is 3.35. The molecule has 0 spiro atoms. The molecule has 1 aliphatic heterocycles. The first-order valence-electron chi connectivity index (χ1n) is 8.33. The average Bonchev–Trinajstić information content (AvgIpc) is 2.82. The maximum absolute atomic E-state index is 13.3. The van der Waals surface area contributed by atoms with Gasteiger partial charge in [0.1, 0.15) is 16.8 Å². The predicted octanol–water partition coefficient (Wildman–Crippen LogP) is 3.40. The number of carboxylic acid groups (broad SMARTS) is 1. The molecule has 1 fully saturated rings. The minimum Gasteiger partial charge on any atom is -0.465 e. The molecule has 144 valence electrons. The van der Waals surface area contributed by atoms with Crippen LogP contribution in [0.15, 0.2) is 27.1 Å². The number of hydrogen-bond acceptors (Lipinski definition) is 4. The van der Waals surface area contributed by atoms with Gasteiger partial charge in [-0.3, -0.25) is 14.5 Å². The van der Waals surface area contributed by atoms with Crippen molar-refractivity contribution in [1.82, 2.24) is 4.90 Å². The van der Waals surface area contributed by atoms with Crippen LogP contribution >= 0.6 is 15.9 Å². The fraction of sp³-hybridized carbons (Fsp3) is 0.389. The minimum atomic E-state index is -1.26. The van der Waals surface area contributed by atoms with Crippen LogP contribution in [-0.4, -0.2) is 40.0 Å². The lowest BCUT2D eigenvalue weighted by atomic mass is 9.65. The van der Waals surface area contributed by atoms with Crippen molar-refractivity contribution in [2.75, 3.05) is 11.9 Å². The van der Waals surface area contributed by atoms with Gasteiger partial charge in [0.25, 0.3) is 11.8 Å². The maximum atomic E-state index is 13.3. The highest BCUT2D eigenvalue weighted by Gasteiger charge is 2.60. The number of halogens is 1. The lowest BCUT2D eigenvalue weighted by Gasteiger charge is -2.56. The molecule has 9 heteroatoms. The first-order chi connectivity index (χ1) is 12.5. The number of anilines is 1. The lowest BCUT2D eigenvalue weighted by molar-refractivity contribution is -0.146. The van der Waals surface area contributed by atoms with Crippen LogP contribution in [0.25, 0.3) is 11.0 Å². The van der Waals surface area contributed by atoms with Crippen molar-refractivity contribution in [2.45, 2.75) is 32.7 Å². The van der Waals surface area contributed by atoms with Crippen LogP contribution in [0.5, 0.6) is 0 Å². The van der Waals surface area contributed by atoms with Crippen LogP contribution in [0.1, 0.15) is 37.7 Å². The van der Waals surface area contributed by atoms with E-state index in [9.17, 15) is 19.5 Å². The monoisotopic (exact) mass is 437 g/mol. The second-order valence-electron chi connectivity index (χ2n) is 7.56. The predicted molar refractivity (Wildman–Crippen MR) is 103 cm³/mol. The van der Waals surface area contributed by atoms with E-state index in [2.05, 4.69) is 21.2 Å². The third-order valence-electron chi connectivity index (χ3n) is 5.12. The van der Waals surface area contributed by atoms with Crippen LogP contribution in [0, 0.1) is 5.41 Å². The molecule has 0 bridgehead atoms. The molecule has 1 aromatic heterocycles. The smallest absolute Gasteiger partial charge is 0.408 e. The van der Waals surface area contributed by atoms with Gasteiger partial charge in [0.2, 0.25) is 5.76 Å². The molecule has 1 saturated heterocycles. The Bertz CT molecular complexity index is 962. The number of carbonyl (C=O) groups is 3. The Balaban J connectivity index is 2.10. The molecule has 27 heavy (non-hydrogen) atoms. The molecular formula is C18H20BrN3O5. The molecule has 8 nitrogen and oxygen atoms in total. The van der Waals surface area contributed by atoms with Gasteiger partial charge in [-0.1, -0.05) is 36.7 Å². The molecule has 1 atom stereocenters. The van der Waals surface area contributed by atoms with Crippen molar-refractivity contribution in [2.24, 2.45) is 11.1 Å². The number of likely N-dealkylation sites (tertiary alicyclic amines) is 1. The molecule has 3 amide bonds. The molecule has 4 N–H and O–H groups in total. The summed E-state index contributed by atoms with van der Waals surface area (Å²) < 4.78 is 6.23. The van der Waals surface area contributed by atoms with Crippen molar-refractivity contribution in [3.8, 4) is 0 Å². The van der Waals surface area contributed by atoms with Crippen LogP contribution in [0.3, 0.4) is 0 Å². The first-order valence-corrected chi connectivity index (χ1v) is 9.12. The molecule has 1 aliphatic rings. The van der Waals surface area contributed by atoms with Crippen molar-refractivity contribution < 1.29 is 23.9 Å². The fourth-order valence-electron chi connectivity index (χ4n) is 3.65. The third kappa shape index (κ3) is 2.86. The van der Waals surface area contributed by atoms with Gasteiger partial charge in [0.15, 0.2) is 0 Å². The summed E-state index contributed by atoms with van der Waals surface area (Å²) in [7, 11) is 0. The van der Waals surface area contributed by atoms with Gasteiger partial charge >= 0.3 is 6.09 Å². The number of nitrogens with two attached hydrogens (primary N) is 1. The number of carbonyl (C=O) groups excluding carboxylic acids is 2. The fourth-order valence-corrected chi connectivity index (χ4v) is 4.01. The van der Waals surface area contributed by atoms with E-state index in [1.807, 2.05) is 0 Å². The van der Waals surface area contributed by atoms with Gasteiger partial charge in [0.05, 0.1) is 0 Å². The second-order valence-corrected chi connectivity index (χ2v) is 8.48. The van der Waals surface area contributed by atoms with Gasteiger partial charge in [-0.05, 0) is 30.0 Å². The zero-order valence-corrected chi connectivity index (χ0v) is 16.7. The third-order valence-corrected chi connectivity index (χ3v) is 5.61. The van der Waals surface area contributed by atoms with Gasteiger partial charge in [0, 0.05) is 16.4 Å². The molecule has 3 rings (SSSR count). The highest BCUT2D eigenvalue weighted by atomic mass is 79.9. The second kappa shape index (κ2) is 6.26. The number of nitrogens with one attached hydrogen (secondary N) is 1. The summed E-state index contributed by atoms with van der Waals surface area (Å²) in [4.78, 5) is 37.8. The van der Waals surface area contributed by atoms with E-state index in [0.29, 0.717) is 17.4 Å². The van der Waals surface area contributed by atoms with Crippen LogP contribution in [0.2, 0.25) is 0 Å². The zero-order valence-electron chi connectivity index (χ0n) is 15.1. The van der Waals surface area contributed by atoms with Gasteiger partial charge < -0.3 is 20.6 Å². The Morgan fingerprint density at radius 3 is 2.48 bits per heavy atom. The van der Waals surface area contributed by atoms with E-state index in [0.717, 1.165) is 9.37 Å². The Labute approximate surface area is 163 Å². The Hall–Kier alpha value is -2.55. The van der Waals surface area contributed by atoms with Crippen LogP contribution < -0.4 is 11.1 Å². The molecule has 0 unspecified atom stereocenters. The molecule has 2 aromatic rings. The quantitative estimate of drug-likeness (QED) is 0.677. The maximum Gasteiger partial charge on any atom is 0.408 e. The van der Waals surface area contributed by atoms with Crippen molar-refractivity contribution in [3.05, 3.63) is 28.4 Å². The molecular weight excluding hydrogens is 418 g/mol. The van der Waals surface area contributed by atoms with Gasteiger partial charge in [-0.15, -0.1) is 0 Å². The standard InChI is InChI=1S/C18H20BrN3O5/c1-17(2,3)18(6-7-22(18)16(25)26)15(24)21-12-10-8-9(19)4-5-11(10)27-13(12)14(20)23/h4-5,8H,6-7H2,1-3H3,(H2,20,23)(H,21,24)(H,25,26)/t18-/m1/s1. The number of amides is 3. The number of hydrogen-bond donors (Lipinski definition) is 3. The number of benzene rings is 1. The van der Waals surface area contributed by atoms with E-state index in [1.165, 1.54) is 0 Å². The normalized spacial score (nSPS) is 19.6. The number of fused-ring (bicyclic) bond motifs is 1. The summed E-state index contributed by atoms with van der Waals surface area (Å²) in [5, 5.41) is 12.7. The highest BCUT2D eigenvalue weighted by Crippen LogP contribution is 2.46. The molecule has 2 heterocycles. The number of furan rings is 1. The van der Waals surface area contributed by atoms with E-state index in [-0.39, 0.29) is 18.0 Å². The van der Waals surface area contributed by atoms with Crippen molar-refractivity contribution in [3.63, 3.8) is 0 Å². The molecule has 0 radical (unpaired) electrons. The molecule has 0 saturated carbocycles. The number of rotatable bonds is 3. The van der Waals surface area contributed by atoms with Crippen molar-refractivity contribution in [1.29, 1.82) is 0 Å². The van der Waals surface area contributed by atoms with Crippen LogP contribution in [-0.2, 0) is 4.79 Å². The van der Waals surface area contributed by atoms with E-state index < -0.39 is 28.9 Å². The highest BCUT2D eigenvalue weighted by molar-refractivity contribution is 9.10. The largest absolute Gasteiger partial charge is 0.465 e. The summed E-state index contributed by atoms with van der Waals surface area (Å²) in [6.45, 7) is 5.68. The Morgan fingerprint density at radius 1 is 1.33 bits per heavy atom. The average molecular weight is 438 g/mol. The van der Waals surface area contributed by atoms with Crippen LogP contribution in [0.4, 0.5) is 10.5 Å². The summed E-state index contributed by atoms with van der Waals surface area (Å²) in [5.41, 5.74) is 4.01. The SMILES string of the molecule is CC(C)(C)[C@]1(C(=O)Nc2c(C(N)=O)oc3ccc(Br)cc23)CCN1C(=O)O. The molecule has 0 aliphatic carbocycles. The minimum absolute atomic E-state index is 0.143. The summed E-state index contributed by atoms with van der Waals surface area (Å²) in [6, 6.07) is 5.07. The first kappa shape index (κ1) is 19.2. The van der Waals surface area contributed by atoms with E-state index in [1.54, 1.807) is 39.0 Å². The van der Waals surface area contributed by atoms with Gasteiger partial charge in [-0.25, -0.2) is 4.79 Å². The lowest BCUT2D eigenvalue weighted by Crippen LogP contribution is -2.73. The molecule has 1 aromatic carbocycles.